The van der Waals surface area contributed by atoms with E-state index < -0.39 is 0 Å². The predicted molar refractivity (Wildman–Crippen MR) is 86.5 cm³/mol. The molecule has 0 saturated heterocycles. The topological polar surface area (TPSA) is 48.1 Å². The van der Waals surface area contributed by atoms with Gasteiger partial charge in [0.25, 0.3) is 0 Å². The lowest BCUT2D eigenvalue weighted by Crippen LogP contribution is -2.19. The van der Waals surface area contributed by atoms with Crippen LogP contribution in [0.3, 0.4) is 0 Å². The Labute approximate surface area is 127 Å². The van der Waals surface area contributed by atoms with Gasteiger partial charge < -0.3 is 10.5 Å². The average Bonchev–Trinajstić information content (AvgIpc) is 2.46. The molecule has 1 unspecified atom stereocenters. The summed E-state index contributed by atoms with van der Waals surface area (Å²) in [6.45, 7) is 6.68. The summed E-state index contributed by atoms with van der Waals surface area (Å²) in [7, 11) is 0. The van der Waals surface area contributed by atoms with Gasteiger partial charge in [0.2, 0.25) is 0 Å². The fraction of sp³-hybridized carbons (Fsp3) is 0.389. The molecule has 21 heavy (non-hydrogen) atoms. The summed E-state index contributed by atoms with van der Waals surface area (Å²) in [6, 6.07) is 12.6. The van der Waals surface area contributed by atoms with E-state index in [1.54, 1.807) is 0 Å². The second-order valence-electron chi connectivity index (χ2n) is 5.54. The number of nitrogens with two attached hydrogens (primary N) is 1. The molecule has 2 aromatic rings. The van der Waals surface area contributed by atoms with Crippen molar-refractivity contribution in [3.05, 3.63) is 58.9 Å². The van der Waals surface area contributed by atoms with Crippen molar-refractivity contribution >= 4 is 0 Å². The van der Waals surface area contributed by atoms with Crippen molar-refractivity contribution in [2.45, 2.75) is 46.3 Å². The van der Waals surface area contributed by atoms with E-state index in [0.29, 0.717) is 6.61 Å². The normalized spacial score (nSPS) is 12.2. The summed E-state index contributed by atoms with van der Waals surface area (Å²) in [5.41, 5.74) is 10.3. The molecular weight excluding hydrogens is 260 g/mol. The van der Waals surface area contributed by atoms with Gasteiger partial charge in [-0.1, -0.05) is 31.2 Å². The monoisotopic (exact) mass is 284 g/mol. The summed E-state index contributed by atoms with van der Waals surface area (Å²) < 4.78 is 5.93. The molecule has 3 heteroatoms. The number of aromatic nitrogens is 1. The number of benzene rings is 1. The molecule has 0 amide bonds. The Morgan fingerprint density at radius 2 is 1.76 bits per heavy atom. The number of rotatable bonds is 6. The summed E-state index contributed by atoms with van der Waals surface area (Å²) in [6.07, 6.45) is 1.79. The van der Waals surface area contributed by atoms with Crippen LogP contribution in [0.5, 0.6) is 5.75 Å². The molecule has 2 rings (SSSR count). The van der Waals surface area contributed by atoms with Crippen LogP contribution in [-0.2, 0) is 19.4 Å². The van der Waals surface area contributed by atoms with Gasteiger partial charge in [-0.05, 0) is 43.5 Å². The second-order valence-corrected chi connectivity index (χ2v) is 5.54. The molecule has 3 nitrogen and oxygen atoms in total. The van der Waals surface area contributed by atoms with Crippen LogP contribution in [0.25, 0.3) is 0 Å². The smallest absolute Gasteiger partial charge is 0.141 e. The summed E-state index contributed by atoms with van der Waals surface area (Å²) >= 11 is 0. The minimum atomic E-state index is 0.0745. The van der Waals surface area contributed by atoms with Crippen LogP contribution in [-0.4, -0.2) is 11.0 Å². The number of hydrogen-bond acceptors (Lipinski definition) is 3. The van der Waals surface area contributed by atoms with Crippen molar-refractivity contribution in [1.82, 2.24) is 4.98 Å². The number of nitrogens with zero attached hydrogens (tertiary/aromatic N) is 1. The van der Waals surface area contributed by atoms with Crippen LogP contribution < -0.4 is 10.5 Å². The Kier molecular flexibility index (Phi) is 5.34. The molecule has 1 atom stereocenters. The Balaban J connectivity index is 2.07. The van der Waals surface area contributed by atoms with Crippen molar-refractivity contribution in [2.24, 2.45) is 5.73 Å². The van der Waals surface area contributed by atoms with E-state index in [-0.39, 0.29) is 6.04 Å². The molecule has 0 aliphatic heterocycles. The van der Waals surface area contributed by atoms with Gasteiger partial charge in [-0.2, -0.15) is 0 Å². The predicted octanol–water partition coefficient (Wildman–Crippen LogP) is 3.42. The van der Waals surface area contributed by atoms with E-state index in [2.05, 4.69) is 36.2 Å². The van der Waals surface area contributed by atoms with Crippen LogP contribution in [0.4, 0.5) is 0 Å². The minimum absolute atomic E-state index is 0.0745. The van der Waals surface area contributed by atoms with Crippen LogP contribution in [0, 0.1) is 6.92 Å². The second kappa shape index (κ2) is 7.23. The highest BCUT2D eigenvalue weighted by atomic mass is 16.5. The lowest BCUT2D eigenvalue weighted by atomic mass is 10.1. The molecular formula is C18H24N2O. The highest BCUT2D eigenvalue weighted by molar-refractivity contribution is 5.30. The van der Waals surface area contributed by atoms with E-state index in [1.165, 1.54) is 11.1 Å². The standard InChI is InChI=1S/C18H24N2O/c1-4-15-6-8-16(9-7-15)12-21-18-10-5-14(3)20-17(18)11-13(2)19/h5-10,13H,4,11-12,19H2,1-3H3. The van der Waals surface area contributed by atoms with Crippen LogP contribution in [0.1, 0.15) is 36.4 Å². The summed E-state index contributed by atoms with van der Waals surface area (Å²) in [5.74, 6) is 0.831. The SMILES string of the molecule is CCc1ccc(COc2ccc(C)nc2CC(C)N)cc1. The van der Waals surface area contributed by atoms with E-state index in [9.17, 15) is 0 Å². The van der Waals surface area contributed by atoms with Gasteiger partial charge in [0.05, 0.1) is 5.69 Å². The fourth-order valence-electron chi connectivity index (χ4n) is 2.21. The average molecular weight is 284 g/mol. The molecule has 0 bridgehead atoms. The Hall–Kier alpha value is -1.87. The Morgan fingerprint density at radius 1 is 1.10 bits per heavy atom. The Morgan fingerprint density at radius 3 is 2.38 bits per heavy atom. The van der Waals surface area contributed by atoms with Crippen molar-refractivity contribution in [3.8, 4) is 5.75 Å². The van der Waals surface area contributed by atoms with Crippen molar-refractivity contribution in [3.63, 3.8) is 0 Å². The molecule has 0 aliphatic carbocycles. The maximum absolute atomic E-state index is 5.93. The molecule has 1 aromatic heterocycles. The number of ether oxygens (including phenoxy) is 1. The maximum atomic E-state index is 5.93. The highest BCUT2D eigenvalue weighted by Crippen LogP contribution is 2.20. The van der Waals surface area contributed by atoms with Gasteiger partial charge in [-0.15, -0.1) is 0 Å². The van der Waals surface area contributed by atoms with Gasteiger partial charge in [0, 0.05) is 18.2 Å². The zero-order valence-corrected chi connectivity index (χ0v) is 13.1. The van der Waals surface area contributed by atoms with E-state index in [4.69, 9.17) is 10.5 Å². The van der Waals surface area contributed by atoms with Crippen LogP contribution in [0.2, 0.25) is 0 Å². The van der Waals surface area contributed by atoms with Gasteiger partial charge in [-0.3, -0.25) is 4.98 Å². The van der Waals surface area contributed by atoms with Gasteiger partial charge in [0.1, 0.15) is 12.4 Å². The van der Waals surface area contributed by atoms with Crippen molar-refractivity contribution in [2.75, 3.05) is 0 Å². The molecule has 112 valence electrons. The number of pyridine rings is 1. The first-order valence-electron chi connectivity index (χ1n) is 7.51. The molecule has 2 N–H and O–H groups in total. The highest BCUT2D eigenvalue weighted by Gasteiger charge is 2.08. The quantitative estimate of drug-likeness (QED) is 0.884. The molecule has 0 saturated carbocycles. The number of aryl methyl sites for hydroxylation is 2. The Bertz CT molecular complexity index is 576. The minimum Gasteiger partial charge on any atom is -0.487 e. The van der Waals surface area contributed by atoms with E-state index in [1.807, 2.05) is 26.0 Å². The molecule has 0 radical (unpaired) electrons. The van der Waals surface area contributed by atoms with Crippen molar-refractivity contribution in [1.29, 1.82) is 0 Å². The van der Waals surface area contributed by atoms with Gasteiger partial charge in [-0.25, -0.2) is 0 Å². The van der Waals surface area contributed by atoms with E-state index in [0.717, 1.165) is 30.0 Å². The first-order valence-corrected chi connectivity index (χ1v) is 7.51. The largest absolute Gasteiger partial charge is 0.487 e. The van der Waals surface area contributed by atoms with Gasteiger partial charge in [0.15, 0.2) is 0 Å². The van der Waals surface area contributed by atoms with Crippen LogP contribution in [0.15, 0.2) is 36.4 Å². The van der Waals surface area contributed by atoms with Gasteiger partial charge >= 0.3 is 0 Å². The van der Waals surface area contributed by atoms with E-state index >= 15 is 0 Å². The molecule has 0 aliphatic rings. The zero-order valence-electron chi connectivity index (χ0n) is 13.1. The first-order chi connectivity index (χ1) is 10.1. The third-order valence-electron chi connectivity index (χ3n) is 3.41. The van der Waals surface area contributed by atoms with Crippen molar-refractivity contribution < 1.29 is 4.74 Å². The third kappa shape index (κ3) is 4.57. The fourth-order valence-corrected chi connectivity index (χ4v) is 2.21. The third-order valence-corrected chi connectivity index (χ3v) is 3.41. The summed E-state index contributed by atoms with van der Waals surface area (Å²) in [5, 5.41) is 0. The van der Waals surface area contributed by atoms with Crippen LogP contribution >= 0.6 is 0 Å². The zero-order chi connectivity index (χ0) is 15.2. The lowest BCUT2D eigenvalue weighted by Gasteiger charge is -2.13. The summed E-state index contributed by atoms with van der Waals surface area (Å²) in [4.78, 5) is 4.55. The molecule has 1 heterocycles. The number of hydrogen-bond donors (Lipinski definition) is 1. The molecule has 0 spiro atoms. The molecule has 0 fully saturated rings. The maximum Gasteiger partial charge on any atom is 0.141 e. The molecule has 1 aromatic carbocycles. The lowest BCUT2D eigenvalue weighted by molar-refractivity contribution is 0.300. The first kappa shape index (κ1) is 15.5.